The minimum Gasteiger partial charge on any atom is -0.311 e. The van der Waals surface area contributed by atoms with Crippen LogP contribution in [0.5, 0.6) is 0 Å². The highest BCUT2D eigenvalue weighted by Gasteiger charge is 2.48. The molecular weight excluding hydrogens is 1150 g/mol. The molecule has 0 spiro atoms. The van der Waals surface area contributed by atoms with Crippen LogP contribution < -0.4 is 57.3 Å². The molecule has 5 heterocycles. The van der Waals surface area contributed by atoms with Crippen molar-refractivity contribution in [1.82, 2.24) is 4.57 Å². The first-order valence-corrected chi connectivity index (χ1v) is 32.8. The van der Waals surface area contributed by atoms with E-state index in [-0.39, 0.29) is 13.4 Å². The summed E-state index contributed by atoms with van der Waals surface area (Å²) in [5.74, 6) is 0. The van der Waals surface area contributed by atoms with Gasteiger partial charge < -0.3 is 29.1 Å². The predicted molar refractivity (Wildman–Crippen MR) is 394 cm³/mol. The van der Waals surface area contributed by atoms with Crippen LogP contribution in [0.2, 0.25) is 0 Å². The third kappa shape index (κ3) is 8.33. The monoisotopic (exact) mass is 1200 g/mol. The summed E-state index contributed by atoms with van der Waals surface area (Å²) < 4.78 is 2.48. The Morgan fingerprint density at radius 2 is 0.624 bits per heavy atom. The third-order valence-electron chi connectivity index (χ3n) is 19.3. The average Bonchev–Trinajstić information content (AvgIpc) is 1.25. The number of benzene rings is 14. The molecule has 0 aliphatic carbocycles. The number of hydrogen-bond donors (Lipinski definition) is 0. The molecule has 9 heteroatoms. The first-order chi connectivity index (χ1) is 46.2. The van der Waals surface area contributed by atoms with Gasteiger partial charge in [0.05, 0.1) is 28.1 Å². The summed E-state index contributed by atoms with van der Waals surface area (Å²) in [4.78, 5) is 15.1. The fraction of sp³-hybridized carbons (Fsp3) is 0. The number of anilines is 15. The lowest BCUT2D eigenvalue weighted by Crippen LogP contribution is -2.64. The summed E-state index contributed by atoms with van der Waals surface area (Å²) in [7, 11) is 0. The minimum atomic E-state index is -0.189. The van der Waals surface area contributed by atoms with Crippen LogP contribution in [0, 0.1) is 0 Å². The van der Waals surface area contributed by atoms with Gasteiger partial charge in [-0.1, -0.05) is 217 Å². The summed E-state index contributed by atoms with van der Waals surface area (Å²) in [6.45, 7) is -0.276. The highest BCUT2D eigenvalue weighted by atomic mass is 32.2. The quantitative estimate of drug-likeness (QED) is 0.126. The number of rotatable bonds is 10. The van der Waals surface area contributed by atoms with Crippen molar-refractivity contribution < 1.29 is 0 Å². The number of para-hydroxylation sites is 11. The number of aromatic nitrogens is 1. The molecule has 93 heavy (non-hydrogen) atoms. The Morgan fingerprint density at radius 3 is 1.15 bits per heavy atom. The highest BCUT2D eigenvalue weighted by Crippen LogP contribution is 2.52. The maximum atomic E-state index is 2.64. The van der Waals surface area contributed by atoms with E-state index < -0.39 is 0 Å². The van der Waals surface area contributed by atoms with Gasteiger partial charge in [-0.3, -0.25) is 0 Å². The summed E-state index contributed by atoms with van der Waals surface area (Å²) >= 11 is 1.89. The maximum Gasteiger partial charge on any atom is 0.252 e. The smallest absolute Gasteiger partial charge is 0.252 e. The molecule has 4 aliphatic heterocycles. The van der Waals surface area contributed by atoms with Gasteiger partial charge in [0.15, 0.2) is 0 Å². The largest absolute Gasteiger partial charge is 0.311 e. The van der Waals surface area contributed by atoms with Crippen molar-refractivity contribution in [2.45, 2.75) is 9.79 Å². The molecule has 1 aromatic heterocycles. The van der Waals surface area contributed by atoms with Crippen molar-refractivity contribution in [1.29, 1.82) is 0 Å². The minimum absolute atomic E-state index is 0.0872. The van der Waals surface area contributed by atoms with Crippen LogP contribution in [0.1, 0.15) is 0 Å². The summed E-state index contributed by atoms with van der Waals surface area (Å²) in [5.41, 5.74) is 27.6. The molecule has 0 fully saturated rings. The van der Waals surface area contributed by atoms with Gasteiger partial charge >= 0.3 is 0 Å². The first kappa shape index (κ1) is 53.2. The fourth-order valence-electron chi connectivity index (χ4n) is 15.6. The molecule has 6 nitrogen and oxygen atoms in total. The zero-order valence-electron chi connectivity index (χ0n) is 50.6. The van der Waals surface area contributed by atoms with Gasteiger partial charge in [-0.25, -0.2) is 0 Å². The molecule has 0 saturated carbocycles. The van der Waals surface area contributed by atoms with Gasteiger partial charge in [0.25, 0.3) is 6.71 Å². The third-order valence-corrected chi connectivity index (χ3v) is 20.4. The van der Waals surface area contributed by atoms with E-state index in [9.17, 15) is 0 Å². The number of nitrogens with zero attached hydrogens (tertiary/aromatic N) is 6. The molecule has 19 rings (SSSR count). The van der Waals surface area contributed by atoms with Crippen LogP contribution in [0.4, 0.5) is 85.3 Å². The molecule has 0 amide bonds. The number of fused-ring (bicyclic) bond motifs is 11. The Morgan fingerprint density at radius 1 is 0.237 bits per heavy atom. The normalized spacial score (nSPS) is 13.0. The van der Waals surface area contributed by atoms with E-state index in [2.05, 4.69) is 369 Å². The zero-order valence-corrected chi connectivity index (χ0v) is 51.4. The Bertz CT molecular complexity index is 5290. The maximum absolute atomic E-state index is 2.64. The highest BCUT2D eigenvalue weighted by molar-refractivity contribution is 8.00. The van der Waals surface area contributed by atoms with Crippen molar-refractivity contribution >= 4 is 165 Å². The molecule has 4 aliphatic rings. The second-order valence-electron chi connectivity index (χ2n) is 24.4. The molecule has 0 saturated heterocycles. The molecule has 0 N–H and O–H groups in total. The molecule has 0 unspecified atom stereocenters. The van der Waals surface area contributed by atoms with E-state index in [4.69, 9.17) is 0 Å². The van der Waals surface area contributed by atoms with Crippen molar-refractivity contribution in [3.63, 3.8) is 0 Å². The first-order valence-electron chi connectivity index (χ1n) is 32.0. The Hall–Kier alpha value is -11.6. The number of hydrogen-bond acceptors (Lipinski definition) is 6. The zero-order chi connectivity index (χ0) is 61.1. The fourth-order valence-corrected chi connectivity index (χ4v) is 16.8. The van der Waals surface area contributed by atoms with Crippen LogP contribution in [-0.2, 0) is 0 Å². The van der Waals surface area contributed by atoms with Crippen molar-refractivity contribution in [2.24, 2.45) is 0 Å². The van der Waals surface area contributed by atoms with E-state index in [0.717, 1.165) is 96.3 Å². The lowest BCUT2D eigenvalue weighted by Gasteiger charge is -2.47. The van der Waals surface area contributed by atoms with Crippen LogP contribution in [0.25, 0.3) is 27.5 Å². The Balaban J connectivity index is 0.921. The molecular formula is C84H56B2N6S. The van der Waals surface area contributed by atoms with Gasteiger partial charge in [0.1, 0.15) is 0 Å². The second kappa shape index (κ2) is 21.5. The molecule has 15 aromatic rings. The van der Waals surface area contributed by atoms with Gasteiger partial charge in [-0.15, -0.1) is 0 Å². The van der Waals surface area contributed by atoms with E-state index in [0.29, 0.717) is 0 Å². The van der Waals surface area contributed by atoms with Gasteiger partial charge in [0.2, 0.25) is 6.71 Å². The van der Waals surface area contributed by atoms with E-state index >= 15 is 0 Å². The van der Waals surface area contributed by atoms with Gasteiger partial charge in [0, 0.05) is 94.5 Å². The van der Waals surface area contributed by atoms with Crippen molar-refractivity contribution in [2.75, 3.05) is 24.5 Å². The topological polar surface area (TPSA) is 21.1 Å². The van der Waals surface area contributed by atoms with Crippen LogP contribution in [0.3, 0.4) is 0 Å². The van der Waals surface area contributed by atoms with E-state index in [1.165, 1.54) is 59.0 Å². The Kier molecular flexibility index (Phi) is 12.3. The van der Waals surface area contributed by atoms with E-state index in [1.54, 1.807) is 0 Å². The van der Waals surface area contributed by atoms with Crippen LogP contribution >= 0.6 is 11.8 Å². The second-order valence-corrected chi connectivity index (χ2v) is 25.4. The lowest BCUT2D eigenvalue weighted by atomic mass is 9.30. The molecule has 14 aromatic carbocycles. The van der Waals surface area contributed by atoms with Crippen LogP contribution in [-0.4, -0.2) is 18.0 Å². The summed E-state index contributed by atoms with van der Waals surface area (Å²) in [5, 5.41) is 2.45. The summed E-state index contributed by atoms with van der Waals surface area (Å²) in [6, 6.07) is 126. The molecule has 0 atom stereocenters. The standard InChI is InChI=1S/C84H56B2N6S/c1-7-29-57(30-8-1)87(58-31-9-2-10-32-58)63-51-78-83-79(52-63)92(75-49-27-26-48-74(75)91-71-45-23-19-41-65(71)66-42-20-24-46-72(66)91)73-47-25-21-43-67(73)85(83)69-55-70-77(56-76(69)89(78)61-37-15-5-16-38-61)90(62-39-17-6-18-40-62)80-53-64(54-82-84(80)86(70)68-44-22-28-50-81(68)93-82)88(59-33-11-3-12-34-59)60-35-13-4-14-36-60/h1-56H. The van der Waals surface area contributed by atoms with Crippen molar-refractivity contribution in [3.05, 3.63) is 340 Å². The molecule has 434 valence electrons. The molecule has 0 bridgehead atoms. The van der Waals surface area contributed by atoms with E-state index in [1.807, 2.05) is 11.8 Å². The lowest BCUT2D eigenvalue weighted by molar-refractivity contribution is 1.15. The van der Waals surface area contributed by atoms with Crippen LogP contribution in [0.15, 0.2) is 350 Å². The van der Waals surface area contributed by atoms with Gasteiger partial charge in [-0.2, -0.15) is 0 Å². The van der Waals surface area contributed by atoms with Gasteiger partial charge in [-0.05, 0) is 167 Å². The summed E-state index contributed by atoms with van der Waals surface area (Å²) in [6.07, 6.45) is 0. The average molecular weight is 1200 g/mol. The predicted octanol–water partition coefficient (Wildman–Crippen LogP) is 18.6. The SMILES string of the molecule is c1ccc(N(c2ccccc2)c2cc3c4c(c2)N(c2ccccc2)c2cc5c(cc2B4c2ccccc2S3)B2c3ccccc3N(c3ccccc3-n3c4ccccc4c4ccccc43)c3cc(N(c4ccccc4)c4ccccc4)cc(c32)N5c2ccccc2)cc1. The van der Waals surface area contributed by atoms with Crippen molar-refractivity contribution in [3.8, 4) is 5.69 Å². The molecule has 0 radical (unpaired) electrons. The Labute approximate surface area is 545 Å².